The second kappa shape index (κ2) is 6.92. The molecule has 0 saturated carbocycles. The molecule has 0 unspecified atom stereocenters. The molecule has 0 bridgehead atoms. The third kappa shape index (κ3) is 3.49. The molecule has 1 aromatic carbocycles. The normalized spacial score (nSPS) is 17.2. The first-order valence-electron chi connectivity index (χ1n) is 6.45. The zero-order chi connectivity index (χ0) is 13.0. The van der Waals surface area contributed by atoms with Crippen LogP contribution in [0.25, 0.3) is 0 Å². The number of alkyl halides is 1. The van der Waals surface area contributed by atoms with Crippen molar-refractivity contribution in [3.63, 3.8) is 0 Å². The Morgan fingerprint density at radius 3 is 2.61 bits per heavy atom. The molecule has 100 valence electrons. The second-order valence-electron chi connectivity index (χ2n) is 4.56. The van der Waals surface area contributed by atoms with Crippen LogP contribution in [0.1, 0.15) is 25.3 Å². The zero-order valence-electron chi connectivity index (χ0n) is 10.7. The van der Waals surface area contributed by atoms with E-state index in [-0.39, 0.29) is 0 Å². The molecule has 1 aromatic rings. The standard InChI is InChI=1S/C14H19Br2NO/c1-2-18-12-5-7-17(8-6-12)14-4-3-11(10-15)9-13(14)16/h3-4,9,12H,2,5-8,10H2,1H3. The number of ether oxygens (including phenoxy) is 1. The van der Waals surface area contributed by atoms with E-state index in [1.165, 1.54) is 15.7 Å². The van der Waals surface area contributed by atoms with Crippen molar-refractivity contribution >= 4 is 37.5 Å². The maximum atomic E-state index is 5.69. The Morgan fingerprint density at radius 2 is 2.06 bits per heavy atom. The number of piperidine rings is 1. The van der Waals surface area contributed by atoms with Crippen LogP contribution in [0, 0.1) is 0 Å². The van der Waals surface area contributed by atoms with Crippen LogP contribution < -0.4 is 4.90 Å². The minimum Gasteiger partial charge on any atom is -0.378 e. The van der Waals surface area contributed by atoms with Gasteiger partial charge in [0, 0.05) is 29.5 Å². The van der Waals surface area contributed by atoms with E-state index in [1.807, 2.05) is 0 Å². The van der Waals surface area contributed by atoms with Crippen molar-refractivity contribution in [3.05, 3.63) is 28.2 Å². The van der Waals surface area contributed by atoms with Gasteiger partial charge in [-0.2, -0.15) is 0 Å². The molecule has 0 radical (unpaired) electrons. The highest BCUT2D eigenvalue weighted by molar-refractivity contribution is 9.10. The first-order valence-corrected chi connectivity index (χ1v) is 8.37. The molecule has 0 atom stereocenters. The van der Waals surface area contributed by atoms with E-state index in [0.717, 1.165) is 37.9 Å². The summed E-state index contributed by atoms with van der Waals surface area (Å²) in [6.45, 7) is 5.06. The average molecular weight is 377 g/mol. The summed E-state index contributed by atoms with van der Waals surface area (Å²) in [5.41, 5.74) is 2.60. The molecule has 1 heterocycles. The molecule has 0 aliphatic carbocycles. The minimum absolute atomic E-state index is 0.451. The Balaban J connectivity index is 2.01. The van der Waals surface area contributed by atoms with Crippen LogP contribution in [0.15, 0.2) is 22.7 Å². The molecule has 0 amide bonds. The van der Waals surface area contributed by atoms with Gasteiger partial charge in [0.05, 0.1) is 11.8 Å². The molecule has 1 aliphatic heterocycles. The Bertz CT molecular complexity index is 389. The van der Waals surface area contributed by atoms with Gasteiger partial charge in [-0.15, -0.1) is 0 Å². The third-order valence-electron chi connectivity index (χ3n) is 3.35. The maximum absolute atomic E-state index is 5.69. The van der Waals surface area contributed by atoms with Crippen LogP contribution in [0.4, 0.5) is 5.69 Å². The number of benzene rings is 1. The number of anilines is 1. The predicted molar refractivity (Wildman–Crippen MR) is 83.6 cm³/mol. The van der Waals surface area contributed by atoms with Crippen LogP contribution in [0.5, 0.6) is 0 Å². The summed E-state index contributed by atoms with van der Waals surface area (Å²) in [7, 11) is 0. The maximum Gasteiger partial charge on any atom is 0.0608 e. The number of hydrogen-bond donors (Lipinski definition) is 0. The summed E-state index contributed by atoms with van der Waals surface area (Å²) < 4.78 is 6.88. The Kier molecular flexibility index (Phi) is 5.52. The molecule has 2 nitrogen and oxygen atoms in total. The van der Waals surface area contributed by atoms with E-state index in [2.05, 4.69) is 61.9 Å². The van der Waals surface area contributed by atoms with Crippen molar-refractivity contribution in [2.45, 2.75) is 31.2 Å². The highest BCUT2D eigenvalue weighted by Gasteiger charge is 2.20. The quantitative estimate of drug-likeness (QED) is 0.724. The molecule has 1 saturated heterocycles. The van der Waals surface area contributed by atoms with E-state index >= 15 is 0 Å². The fraction of sp³-hybridized carbons (Fsp3) is 0.571. The Hall–Kier alpha value is -0.0600. The van der Waals surface area contributed by atoms with Crippen molar-refractivity contribution in [2.75, 3.05) is 24.6 Å². The second-order valence-corrected chi connectivity index (χ2v) is 5.98. The van der Waals surface area contributed by atoms with E-state index < -0.39 is 0 Å². The first-order chi connectivity index (χ1) is 8.74. The van der Waals surface area contributed by atoms with Crippen LogP contribution in [0.2, 0.25) is 0 Å². The summed E-state index contributed by atoms with van der Waals surface area (Å²) in [4.78, 5) is 2.44. The Morgan fingerprint density at radius 1 is 1.33 bits per heavy atom. The fourth-order valence-corrected chi connectivity index (χ4v) is 3.41. The lowest BCUT2D eigenvalue weighted by Crippen LogP contribution is -2.37. The van der Waals surface area contributed by atoms with Crippen LogP contribution in [-0.4, -0.2) is 25.8 Å². The van der Waals surface area contributed by atoms with Gasteiger partial charge in [0.15, 0.2) is 0 Å². The van der Waals surface area contributed by atoms with Gasteiger partial charge in [0.2, 0.25) is 0 Å². The van der Waals surface area contributed by atoms with E-state index in [0.29, 0.717) is 6.10 Å². The van der Waals surface area contributed by atoms with Gasteiger partial charge in [-0.1, -0.05) is 22.0 Å². The van der Waals surface area contributed by atoms with Gasteiger partial charge in [-0.05, 0) is 53.4 Å². The van der Waals surface area contributed by atoms with Gasteiger partial charge in [0.1, 0.15) is 0 Å². The summed E-state index contributed by atoms with van der Waals surface area (Å²) >= 11 is 7.16. The average Bonchev–Trinajstić information content (AvgIpc) is 2.40. The third-order valence-corrected chi connectivity index (χ3v) is 4.63. The smallest absolute Gasteiger partial charge is 0.0608 e. The largest absolute Gasteiger partial charge is 0.378 e. The van der Waals surface area contributed by atoms with E-state index in [1.54, 1.807) is 0 Å². The van der Waals surface area contributed by atoms with E-state index in [9.17, 15) is 0 Å². The first kappa shape index (κ1) is 14.4. The molecule has 0 aromatic heterocycles. The van der Waals surface area contributed by atoms with E-state index in [4.69, 9.17) is 4.74 Å². The van der Waals surface area contributed by atoms with Crippen LogP contribution in [-0.2, 0) is 10.1 Å². The summed E-state index contributed by atoms with van der Waals surface area (Å²) in [5, 5.41) is 0.901. The van der Waals surface area contributed by atoms with Crippen molar-refractivity contribution in [3.8, 4) is 0 Å². The van der Waals surface area contributed by atoms with Crippen LogP contribution in [0.3, 0.4) is 0 Å². The lowest BCUT2D eigenvalue weighted by molar-refractivity contribution is 0.0459. The minimum atomic E-state index is 0.451. The molecule has 4 heteroatoms. The van der Waals surface area contributed by atoms with Crippen LogP contribution >= 0.6 is 31.9 Å². The number of hydrogen-bond acceptors (Lipinski definition) is 2. The topological polar surface area (TPSA) is 12.5 Å². The summed E-state index contributed by atoms with van der Waals surface area (Å²) in [5.74, 6) is 0. The molecule has 1 aliphatic rings. The molecule has 2 rings (SSSR count). The summed E-state index contributed by atoms with van der Waals surface area (Å²) in [6.07, 6.45) is 2.70. The molecular weight excluding hydrogens is 358 g/mol. The fourth-order valence-electron chi connectivity index (χ4n) is 2.39. The lowest BCUT2D eigenvalue weighted by Gasteiger charge is -2.34. The van der Waals surface area contributed by atoms with Gasteiger partial charge >= 0.3 is 0 Å². The van der Waals surface area contributed by atoms with Gasteiger partial charge < -0.3 is 9.64 Å². The van der Waals surface area contributed by atoms with Gasteiger partial charge in [-0.25, -0.2) is 0 Å². The van der Waals surface area contributed by atoms with Crippen molar-refractivity contribution in [1.29, 1.82) is 0 Å². The molecule has 0 spiro atoms. The number of rotatable bonds is 4. The SMILES string of the molecule is CCOC1CCN(c2ccc(CBr)cc2Br)CC1. The molecule has 1 fully saturated rings. The molecule has 0 N–H and O–H groups in total. The van der Waals surface area contributed by atoms with Crippen molar-refractivity contribution < 1.29 is 4.74 Å². The summed E-state index contributed by atoms with van der Waals surface area (Å²) in [6, 6.07) is 6.59. The Labute approximate surface area is 126 Å². The number of nitrogens with zero attached hydrogens (tertiary/aromatic N) is 1. The number of halogens is 2. The monoisotopic (exact) mass is 375 g/mol. The molecular formula is C14H19Br2NO. The zero-order valence-corrected chi connectivity index (χ0v) is 13.8. The lowest BCUT2D eigenvalue weighted by atomic mass is 10.1. The predicted octanol–water partition coefficient (Wildman–Crippen LogP) is 4.35. The van der Waals surface area contributed by atoms with Crippen molar-refractivity contribution in [1.82, 2.24) is 0 Å². The van der Waals surface area contributed by atoms with Gasteiger partial charge in [0.25, 0.3) is 0 Å². The highest BCUT2D eigenvalue weighted by Crippen LogP contribution is 2.30. The van der Waals surface area contributed by atoms with Gasteiger partial charge in [-0.3, -0.25) is 0 Å². The highest BCUT2D eigenvalue weighted by atomic mass is 79.9. The molecule has 18 heavy (non-hydrogen) atoms. The van der Waals surface area contributed by atoms with Crippen molar-refractivity contribution in [2.24, 2.45) is 0 Å².